The third-order valence-corrected chi connectivity index (χ3v) is 8.24. The lowest BCUT2D eigenvalue weighted by atomic mass is 9.68. The molecule has 1 aliphatic heterocycles. The van der Waals surface area contributed by atoms with Crippen LogP contribution in [0.2, 0.25) is 0 Å². The maximum absolute atomic E-state index is 14.1. The van der Waals surface area contributed by atoms with Gasteiger partial charge in [0.15, 0.2) is 0 Å². The summed E-state index contributed by atoms with van der Waals surface area (Å²) in [6.45, 7) is 2.92. The largest absolute Gasteiger partial charge is 0.497 e. The van der Waals surface area contributed by atoms with E-state index in [2.05, 4.69) is 10.3 Å². The number of aromatic nitrogens is 2. The van der Waals surface area contributed by atoms with Gasteiger partial charge in [-0.2, -0.15) is 0 Å². The summed E-state index contributed by atoms with van der Waals surface area (Å²) in [4.78, 5) is 46.0. The number of carbonyl (C=O) groups excluding carboxylic acids is 3. The van der Waals surface area contributed by atoms with Crippen LogP contribution in [-0.2, 0) is 39.7 Å². The molecule has 1 aromatic heterocycles. The van der Waals surface area contributed by atoms with Gasteiger partial charge in [-0.1, -0.05) is 49.4 Å². The molecule has 0 aliphatic carbocycles. The Hall–Kier alpha value is -3.98. The summed E-state index contributed by atoms with van der Waals surface area (Å²) in [5.74, 6) is 0.310. The van der Waals surface area contributed by atoms with E-state index in [9.17, 15) is 14.4 Å². The Morgan fingerprint density at radius 2 is 1.71 bits per heavy atom. The Bertz CT molecular complexity index is 1310. The number of aryl methyl sites for hydroxylation is 1. The molecule has 3 aromatic rings. The number of primary amides is 1. The standard InChI is InChI=1S/C32H41N5O4/c1-4-8-29(38)32(24-9-6-5-7-10-24)15-17-37(18-16-32)31(40)28(19-23-11-13-26(41-3)14-12-23)35-27(30(33)39)20-25-21-34-22-36(25)2/h5-7,9-14,21-22,27-28,35H,4,8,15-20H2,1-3H3,(H2,33,39)/t27-,28+/m0/s1. The molecule has 9 heteroatoms. The van der Waals surface area contributed by atoms with Crippen LogP contribution in [0.3, 0.4) is 0 Å². The summed E-state index contributed by atoms with van der Waals surface area (Å²) in [7, 11) is 3.46. The van der Waals surface area contributed by atoms with Crippen molar-refractivity contribution in [3.63, 3.8) is 0 Å². The maximum Gasteiger partial charge on any atom is 0.240 e. The molecule has 1 saturated heterocycles. The molecule has 2 heterocycles. The molecule has 1 fully saturated rings. The van der Waals surface area contributed by atoms with E-state index in [0.717, 1.165) is 29.0 Å². The summed E-state index contributed by atoms with van der Waals surface area (Å²) in [6, 6.07) is 16.0. The van der Waals surface area contributed by atoms with Crippen LogP contribution < -0.4 is 15.8 Å². The number of rotatable bonds is 13. The van der Waals surface area contributed by atoms with Gasteiger partial charge in [-0.25, -0.2) is 4.98 Å². The van der Waals surface area contributed by atoms with E-state index in [-0.39, 0.29) is 11.7 Å². The number of hydrogen-bond donors (Lipinski definition) is 2. The van der Waals surface area contributed by atoms with E-state index >= 15 is 0 Å². The Kier molecular flexibility index (Phi) is 9.94. The first-order valence-electron chi connectivity index (χ1n) is 14.3. The van der Waals surface area contributed by atoms with Gasteiger partial charge in [-0.15, -0.1) is 0 Å². The monoisotopic (exact) mass is 559 g/mol. The van der Waals surface area contributed by atoms with Gasteiger partial charge in [0.05, 0.1) is 30.9 Å². The third-order valence-electron chi connectivity index (χ3n) is 8.24. The first-order valence-corrected chi connectivity index (χ1v) is 14.3. The van der Waals surface area contributed by atoms with E-state index in [1.54, 1.807) is 19.6 Å². The molecule has 41 heavy (non-hydrogen) atoms. The van der Waals surface area contributed by atoms with Crippen molar-refractivity contribution in [1.82, 2.24) is 19.8 Å². The van der Waals surface area contributed by atoms with Crippen molar-refractivity contribution in [2.45, 2.75) is 62.9 Å². The number of nitrogens with one attached hydrogen (secondary N) is 1. The van der Waals surface area contributed by atoms with E-state index in [0.29, 0.717) is 45.2 Å². The van der Waals surface area contributed by atoms with Crippen molar-refractivity contribution in [3.05, 3.63) is 83.9 Å². The quantitative estimate of drug-likeness (QED) is 0.332. The molecule has 2 amide bonds. The highest BCUT2D eigenvalue weighted by Gasteiger charge is 2.43. The van der Waals surface area contributed by atoms with Crippen molar-refractivity contribution >= 4 is 17.6 Å². The molecule has 0 unspecified atom stereocenters. The summed E-state index contributed by atoms with van der Waals surface area (Å²) in [5, 5.41) is 3.28. The van der Waals surface area contributed by atoms with E-state index in [1.807, 2.05) is 78.0 Å². The fraction of sp³-hybridized carbons (Fsp3) is 0.438. The fourth-order valence-corrected chi connectivity index (χ4v) is 5.77. The van der Waals surface area contributed by atoms with Crippen LogP contribution in [0, 0.1) is 0 Å². The lowest BCUT2D eigenvalue weighted by molar-refractivity contribution is -0.138. The topological polar surface area (TPSA) is 120 Å². The van der Waals surface area contributed by atoms with Crippen LogP contribution in [-0.4, -0.2) is 64.3 Å². The zero-order chi connectivity index (χ0) is 29.4. The van der Waals surface area contributed by atoms with Crippen LogP contribution in [0.5, 0.6) is 5.75 Å². The maximum atomic E-state index is 14.1. The zero-order valence-corrected chi connectivity index (χ0v) is 24.2. The average molecular weight is 560 g/mol. The van der Waals surface area contributed by atoms with Gasteiger partial charge in [0, 0.05) is 44.9 Å². The number of piperidine rings is 1. The Morgan fingerprint density at radius 1 is 1.02 bits per heavy atom. The normalized spacial score (nSPS) is 16.1. The molecule has 218 valence electrons. The number of carbonyl (C=O) groups is 3. The van der Waals surface area contributed by atoms with E-state index < -0.39 is 23.4 Å². The number of nitrogens with zero attached hydrogens (tertiary/aromatic N) is 3. The molecule has 0 bridgehead atoms. The molecule has 3 N–H and O–H groups in total. The van der Waals surface area contributed by atoms with Crippen molar-refractivity contribution < 1.29 is 19.1 Å². The molecular weight excluding hydrogens is 518 g/mol. The molecule has 0 radical (unpaired) electrons. The molecule has 1 aliphatic rings. The summed E-state index contributed by atoms with van der Waals surface area (Å²) in [5.41, 5.74) is 7.99. The van der Waals surface area contributed by atoms with Gasteiger partial charge in [0.1, 0.15) is 11.5 Å². The number of hydrogen-bond acceptors (Lipinski definition) is 6. The van der Waals surface area contributed by atoms with E-state index in [1.165, 1.54) is 0 Å². The van der Waals surface area contributed by atoms with Gasteiger partial charge in [0.25, 0.3) is 0 Å². The molecule has 2 atom stereocenters. The number of nitrogens with two attached hydrogens (primary N) is 1. The number of methoxy groups -OCH3 is 1. The molecular formula is C32H41N5O4. The first-order chi connectivity index (χ1) is 19.8. The predicted octanol–water partition coefficient (Wildman–Crippen LogP) is 2.96. The van der Waals surface area contributed by atoms with Gasteiger partial charge in [0.2, 0.25) is 11.8 Å². The van der Waals surface area contributed by atoms with Crippen LogP contribution in [0.1, 0.15) is 49.4 Å². The van der Waals surface area contributed by atoms with Crippen LogP contribution >= 0.6 is 0 Å². The smallest absolute Gasteiger partial charge is 0.240 e. The lowest BCUT2D eigenvalue weighted by Gasteiger charge is -2.42. The highest BCUT2D eigenvalue weighted by atomic mass is 16.5. The number of ketones is 1. The fourth-order valence-electron chi connectivity index (χ4n) is 5.77. The minimum absolute atomic E-state index is 0.110. The van der Waals surface area contributed by atoms with Crippen molar-refractivity contribution in [2.24, 2.45) is 12.8 Å². The Morgan fingerprint density at radius 3 is 2.27 bits per heavy atom. The molecule has 4 rings (SSSR count). The number of likely N-dealkylation sites (tertiary alicyclic amines) is 1. The zero-order valence-electron chi connectivity index (χ0n) is 24.2. The molecule has 0 saturated carbocycles. The van der Waals surface area contributed by atoms with E-state index in [4.69, 9.17) is 10.5 Å². The average Bonchev–Trinajstić information content (AvgIpc) is 3.40. The number of imidazole rings is 1. The number of benzene rings is 2. The summed E-state index contributed by atoms with van der Waals surface area (Å²) >= 11 is 0. The molecule has 0 spiro atoms. The molecule has 9 nitrogen and oxygen atoms in total. The minimum Gasteiger partial charge on any atom is -0.497 e. The molecule has 2 aromatic carbocycles. The highest BCUT2D eigenvalue weighted by molar-refractivity contribution is 5.91. The number of amides is 2. The lowest BCUT2D eigenvalue weighted by Crippen LogP contribution is -2.57. The van der Waals surface area contributed by atoms with Gasteiger partial charge in [-0.3, -0.25) is 19.7 Å². The van der Waals surface area contributed by atoms with Crippen molar-refractivity contribution in [3.8, 4) is 5.75 Å². The Balaban J connectivity index is 1.56. The summed E-state index contributed by atoms with van der Waals surface area (Å²) in [6.07, 6.45) is 6.46. The van der Waals surface area contributed by atoms with Gasteiger partial charge in [-0.05, 0) is 48.9 Å². The summed E-state index contributed by atoms with van der Waals surface area (Å²) < 4.78 is 7.12. The van der Waals surface area contributed by atoms with Gasteiger partial charge >= 0.3 is 0 Å². The number of Topliss-reactive ketones (excluding diaryl/α,β-unsaturated/α-hetero) is 1. The Labute approximate surface area is 242 Å². The van der Waals surface area contributed by atoms with Crippen molar-refractivity contribution in [1.29, 1.82) is 0 Å². The van der Waals surface area contributed by atoms with Crippen molar-refractivity contribution in [2.75, 3.05) is 20.2 Å². The third kappa shape index (κ3) is 7.03. The van der Waals surface area contributed by atoms with Crippen LogP contribution in [0.4, 0.5) is 0 Å². The highest BCUT2D eigenvalue weighted by Crippen LogP contribution is 2.38. The predicted molar refractivity (Wildman–Crippen MR) is 157 cm³/mol. The second-order valence-electron chi connectivity index (χ2n) is 10.9. The second kappa shape index (κ2) is 13.6. The SMILES string of the molecule is CCCC(=O)C1(c2ccccc2)CCN(C(=O)[C@@H](Cc2ccc(OC)cc2)N[C@@H](Cc2cncn2C)C(N)=O)CC1. The van der Waals surface area contributed by atoms with Gasteiger partial charge < -0.3 is 19.9 Å². The van der Waals surface area contributed by atoms with Crippen LogP contribution in [0.25, 0.3) is 0 Å². The first kappa shape index (κ1) is 30.0. The minimum atomic E-state index is -0.767. The number of ether oxygens (including phenoxy) is 1. The van der Waals surface area contributed by atoms with Crippen LogP contribution in [0.15, 0.2) is 67.1 Å². The second-order valence-corrected chi connectivity index (χ2v) is 10.9.